The van der Waals surface area contributed by atoms with Crippen molar-refractivity contribution in [3.63, 3.8) is 0 Å². The molecule has 0 aromatic heterocycles. The molecule has 1 fully saturated rings. The normalized spacial score (nSPS) is 22.4. The van der Waals surface area contributed by atoms with E-state index in [4.69, 9.17) is 5.73 Å². The second kappa shape index (κ2) is 7.01. The summed E-state index contributed by atoms with van der Waals surface area (Å²) in [6.45, 7) is 4.94. The van der Waals surface area contributed by atoms with E-state index in [9.17, 15) is 4.39 Å². The van der Waals surface area contributed by atoms with Gasteiger partial charge in [-0.2, -0.15) is 0 Å². The quantitative estimate of drug-likeness (QED) is 0.885. The van der Waals surface area contributed by atoms with Crippen LogP contribution in [-0.2, 0) is 0 Å². The molecule has 1 aliphatic rings. The van der Waals surface area contributed by atoms with Crippen LogP contribution in [0, 0.1) is 5.82 Å². The summed E-state index contributed by atoms with van der Waals surface area (Å²) in [6, 6.07) is 7.50. The average Bonchev–Trinajstić information content (AvgIpc) is 2.44. The van der Waals surface area contributed by atoms with Gasteiger partial charge >= 0.3 is 0 Å². The van der Waals surface area contributed by atoms with Crippen molar-refractivity contribution in [3.05, 3.63) is 35.6 Å². The van der Waals surface area contributed by atoms with Gasteiger partial charge in [-0.25, -0.2) is 4.39 Å². The number of hydrogen-bond acceptors (Lipinski definition) is 2. The molecule has 0 saturated carbocycles. The van der Waals surface area contributed by atoms with E-state index in [-0.39, 0.29) is 11.7 Å². The maximum absolute atomic E-state index is 14.0. The first kappa shape index (κ1) is 14.5. The summed E-state index contributed by atoms with van der Waals surface area (Å²) in [4.78, 5) is 2.51. The number of nitrogens with two attached hydrogens (primary N) is 1. The van der Waals surface area contributed by atoms with Crippen LogP contribution in [-0.4, -0.2) is 30.6 Å². The number of likely N-dealkylation sites (tertiary alicyclic amines) is 1. The summed E-state index contributed by atoms with van der Waals surface area (Å²) < 4.78 is 14.0. The van der Waals surface area contributed by atoms with Crippen molar-refractivity contribution >= 4 is 0 Å². The van der Waals surface area contributed by atoms with Gasteiger partial charge in [0.1, 0.15) is 5.82 Å². The third-order valence-corrected chi connectivity index (χ3v) is 4.20. The van der Waals surface area contributed by atoms with E-state index in [1.54, 1.807) is 12.1 Å². The van der Waals surface area contributed by atoms with Gasteiger partial charge in [-0.3, -0.25) is 4.90 Å². The molecule has 1 aliphatic heterocycles. The highest BCUT2D eigenvalue weighted by Crippen LogP contribution is 2.31. The first-order chi connectivity index (χ1) is 9.27. The highest BCUT2D eigenvalue weighted by Gasteiger charge is 2.30. The molecule has 1 aromatic carbocycles. The Morgan fingerprint density at radius 3 is 2.84 bits per heavy atom. The first-order valence-electron chi connectivity index (χ1n) is 7.46. The summed E-state index contributed by atoms with van der Waals surface area (Å²) in [6.07, 6.45) is 4.77. The molecule has 1 heterocycles. The molecular formula is C16H25FN2. The monoisotopic (exact) mass is 264 g/mol. The van der Waals surface area contributed by atoms with Gasteiger partial charge in [-0.15, -0.1) is 0 Å². The Morgan fingerprint density at radius 1 is 1.37 bits per heavy atom. The Balaban J connectivity index is 2.22. The van der Waals surface area contributed by atoms with Crippen LogP contribution < -0.4 is 5.73 Å². The Morgan fingerprint density at radius 2 is 2.16 bits per heavy atom. The fourth-order valence-corrected chi connectivity index (χ4v) is 3.30. The van der Waals surface area contributed by atoms with Gasteiger partial charge in [0, 0.05) is 18.5 Å². The minimum absolute atomic E-state index is 0.111. The lowest BCUT2D eigenvalue weighted by atomic mass is 9.85. The van der Waals surface area contributed by atoms with Gasteiger partial charge in [-0.1, -0.05) is 31.5 Å². The molecule has 2 N–H and O–H groups in total. The third-order valence-electron chi connectivity index (χ3n) is 4.20. The lowest BCUT2D eigenvalue weighted by Crippen LogP contribution is -2.45. The Labute approximate surface area is 115 Å². The maximum atomic E-state index is 14.0. The van der Waals surface area contributed by atoms with Crippen LogP contribution in [0.25, 0.3) is 0 Å². The molecular weight excluding hydrogens is 239 g/mol. The highest BCUT2D eigenvalue weighted by atomic mass is 19.1. The maximum Gasteiger partial charge on any atom is 0.126 e. The fraction of sp³-hybridized carbons (Fsp3) is 0.625. The Kier molecular flexibility index (Phi) is 5.34. The molecule has 0 spiro atoms. The van der Waals surface area contributed by atoms with Crippen LogP contribution in [0.4, 0.5) is 4.39 Å². The van der Waals surface area contributed by atoms with Gasteiger partial charge in [0.2, 0.25) is 0 Å². The van der Waals surface area contributed by atoms with Crippen molar-refractivity contribution in [1.29, 1.82) is 0 Å². The summed E-state index contributed by atoms with van der Waals surface area (Å²) in [7, 11) is 0. The highest BCUT2D eigenvalue weighted by molar-refractivity contribution is 5.24. The third kappa shape index (κ3) is 3.34. The van der Waals surface area contributed by atoms with Crippen LogP contribution in [0.1, 0.15) is 44.1 Å². The first-order valence-corrected chi connectivity index (χ1v) is 7.46. The van der Waals surface area contributed by atoms with Crippen molar-refractivity contribution < 1.29 is 4.39 Å². The molecule has 2 rings (SSSR count). The van der Waals surface area contributed by atoms with E-state index in [1.165, 1.54) is 12.8 Å². The van der Waals surface area contributed by atoms with E-state index in [0.29, 0.717) is 12.6 Å². The van der Waals surface area contributed by atoms with E-state index in [1.807, 2.05) is 12.1 Å². The number of halogens is 1. The fourth-order valence-electron chi connectivity index (χ4n) is 3.30. The molecule has 0 bridgehead atoms. The molecule has 19 heavy (non-hydrogen) atoms. The largest absolute Gasteiger partial charge is 0.330 e. The van der Waals surface area contributed by atoms with Crippen molar-refractivity contribution in [1.82, 2.24) is 4.90 Å². The second-order valence-electron chi connectivity index (χ2n) is 5.46. The van der Waals surface area contributed by atoms with Gasteiger partial charge in [0.05, 0.1) is 0 Å². The van der Waals surface area contributed by atoms with Crippen molar-refractivity contribution in [3.8, 4) is 0 Å². The van der Waals surface area contributed by atoms with Crippen LogP contribution >= 0.6 is 0 Å². The minimum atomic E-state index is -0.111. The van der Waals surface area contributed by atoms with Crippen LogP contribution in [0.2, 0.25) is 0 Å². The number of hydrogen-bond donors (Lipinski definition) is 1. The van der Waals surface area contributed by atoms with Gasteiger partial charge < -0.3 is 5.73 Å². The standard InChI is InChI=1S/C16H25FN2/c1-2-10-19-11-6-5-9-16(19)14(12-18)13-7-3-4-8-15(13)17/h3-4,7-8,14,16H,2,5-6,9-12,18H2,1H3. The summed E-state index contributed by atoms with van der Waals surface area (Å²) in [5.74, 6) is 0.00743. The van der Waals surface area contributed by atoms with Gasteiger partial charge in [0.25, 0.3) is 0 Å². The average molecular weight is 264 g/mol. The van der Waals surface area contributed by atoms with E-state index >= 15 is 0 Å². The van der Waals surface area contributed by atoms with Crippen LogP contribution in [0.3, 0.4) is 0 Å². The summed E-state index contributed by atoms with van der Waals surface area (Å²) in [5.41, 5.74) is 6.76. The van der Waals surface area contributed by atoms with Gasteiger partial charge in [0.15, 0.2) is 0 Å². The lowest BCUT2D eigenvalue weighted by molar-refractivity contribution is 0.126. The Hall–Kier alpha value is -0.930. The van der Waals surface area contributed by atoms with Crippen LogP contribution in [0.5, 0.6) is 0 Å². The number of nitrogens with zero attached hydrogens (tertiary/aromatic N) is 1. The Bertz CT molecular complexity index is 392. The lowest BCUT2D eigenvalue weighted by Gasteiger charge is -2.40. The molecule has 0 amide bonds. The van der Waals surface area contributed by atoms with Crippen molar-refractivity contribution in [2.75, 3.05) is 19.6 Å². The smallest absolute Gasteiger partial charge is 0.126 e. The zero-order valence-corrected chi connectivity index (χ0v) is 11.8. The van der Waals surface area contributed by atoms with Crippen molar-refractivity contribution in [2.45, 2.75) is 44.6 Å². The number of rotatable bonds is 5. The minimum Gasteiger partial charge on any atom is -0.330 e. The van der Waals surface area contributed by atoms with Crippen LogP contribution in [0.15, 0.2) is 24.3 Å². The molecule has 3 heteroatoms. The molecule has 106 valence electrons. The topological polar surface area (TPSA) is 29.3 Å². The molecule has 1 aromatic rings. The molecule has 2 unspecified atom stereocenters. The zero-order valence-electron chi connectivity index (χ0n) is 11.8. The van der Waals surface area contributed by atoms with Crippen molar-refractivity contribution in [2.24, 2.45) is 5.73 Å². The zero-order chi connectivity index (χ0) is 13.7. The second-order valence-corrected chi connectivity index (χ2v) is 5.46. The molecule has 1 saturated heterocycles. The molecule has 0 radical (unpaired) electrons. The summed E-state index contributed by atoms with van der Waals surface area (Å²) in [5, 5.41) is 0. The van der Waals surface area contributed by atoms with E-state index in [2.05, 4.69) is 11.8 Å². The molecule has 0 aliphatic carbocycles. The van der Waals surface area contributed by atoms with E-state index in [0.717, 1.165) is 31.5 Å². The van der Waals surface area contributed by atoms with E-state index < -0.39 is 0 Å². The predicted octanol–water partition coefficient (Wildman–Crippen LogP) is 3.13. The van der Waals surface area contributed by atoms with Gasteiger partial charge in [-0.05, 0) is 44.0 Å². The SMILES string of the molecule is CCCN1CCCCC1C(CN)c1ccccc1F. The number of benzene rings is 1. The molecule has 2 nitrogen and oxygen atoms in total. The predicted molar refractivity (Wildman–Crippen MR) is 77.7 cm³/mol. The summed E-state index contributed by atoms with van der Waals surface area (Å²) >= 11 is 0. The number of piperidine rings is 1. The molecule has 2 atom stereocenters.